The maximum absolute atomic E-state index is 13.1. The van der Waals surface area contributed by atoms with Crippen LogP contribution in [-0.4, -0.2) is 83.2 Å². The van der Waals surface area contributed by atoms with Gasteiger partial charge in [0.15, 0.2) is 0 Å². The third-order valence-electron chi connectivity index (χ3n) is 8.60. The van der Waals surface area contributed by atoms with Gasteiger partial charge in [0.05, 0.1) is 24.3 Å². The van der Waals surface area contributed by atoms with Crippen LogP contribution in [0.5, 0.6) is 5.75 Å². The van der Waals surface area contributed by atoms with Crippen LogP contribution < -0.4 is 15.4 Å². The van der Waals surface area contributed by atoms with Gasteiger partial charge in [-0.3, -0.25) is 14.7 Å². The number of rotatable bonds is 6. The highest BCUT2D eigenvalue weighted by Crippen LogP contribution is 2.50. The summed E-state index contributed by atoms with van der Waals surface area (Å²) in [5, 5.41) is 0. The van der Waals surface area contributed by atoms with Crippen LogP contribution in [0.4, 0.5) is 10.6 Å². The summed E-state index contributed by atoms with van der Waals surface area (Å²) in [7, 11) is 1.64. The molecule has 1 saturated carbocycles. The quantitative estimate of drug-likeness (QED) is 0.502. The molecule has 2 saturated heterocycles. The van der Waals surface area contributed by atoms with Gasteiger partial charge in [0.2, 0.25) is 5.91 Å². The van der Waals surface area contributed by atoms with Gasteiger partial charge in [-0.2, -0.15) is 0 Å². The van der Waals surface area contributed by atoms with Gasteiger partial charge in [0.25, 0.3) is 0 Å². The number of benzene rings is 2. The van der Waals surface area contributed by atoms with E-state index in [4.69, 9.17) is 20.2 Å². The van der Waals surface area contributed by atoms with E-state index < -0.39 is 5.91 Å². The summed E-state index contributed by atoms with van der Waals surface area (Å²) in [6.45, 7) is 8.25. The van der Waals surface area contributed by atoms with Crippen molar-refractivity contribution in [3.8, 4) is 5.75 Å². The number of fused-ring (bicyclic) bond motifs is 1. The molecular weight excluding hydrogens is 508 g/mol. The van der Waals surface area contributed by atoms with E-state index in [-0.39, 0.29) is 29.7 Å². The SMILES string of the molecule is COc1ccc2nc(N3C[C@@H](C)N(C(=O)OC4CC5(C4)CN(Cc4ccc(C(N)=O)cc4)C5)C[C@@H]3C)cnc2c1. The van der Waals surface area contributed by atoms with Gasteiger partial charge in [0, 0.05) is 61.9 Å². The first-order valence-corrected chi connectivity index (χ1v) is 13.9. The van der Waals surface area contributed by atoms with E-state index in [1.54, 1.807) is 25.4 Å². The molecule has 1 spiro atoms. The van der Waals surface area contributed by atoms with Crippen molar-refractivity contribution in [1.82, 2.24) is 19.8 Å². The van der Waals surface area contributed by atoms with Crippen LogP contribution in [0.3, 0.4) is 0 Å². The van der Waals surface area contributed by atoms with Gasteiger partial charge in [-0.15, -0.1) is 0 Å². The molecule has 2 amide bonds. The fourth-order valence-corrected chi connectivity index (χ4v) is 6.45. The minimum absolute atomic E-state index is 0.00810. The van der Waals surface area contributed by atoms with Crippen molar-refractivity contribution in [2.24, 2.45) is 11.1 Å². The lowest BCUT2D eigenvalue weighted by atomic mass is 9.61. The van der Waals surface area contributed by atoms with Crippen LogP contribution >= 0.6 is 0 Å². The monoisotopic (exact) mass is 544 g/mol. The van der Waals surface area contributed by atoms with Crippen molar-refractivity contribution in [2.75, 3.05) is 38.2 Å². The highest BCUT2D eigenvalue weighted by atomic mass is 16.6. The Morgan fingerprint density at radius 2 is 1.77 bits per heavy atom. The molecule has 1 aromatic heterocycles. The van der Waals surface area contributed by atoms with Gasteiger partial charge in [-0.05, 0) is 56.5 Å². The van der Waals surface area contributed by atoms with Gasteiger partial charge in [-0.25, -0.2) is 9.78 Å². The molecule has 2 atom stereocenters. The third-order valence-corrected chi connectivity index (χ3v) is 8.60. The Hall–Kier alpha value is -3.92. The van der Waals surface area contributed by atoms with Gasteiger partial charge in [0.1, 0.15) is 17.7 Å². The Bertz CT molecular complexity index is 1420. The average Bonchev–Trinajstić information content (AvgIpc) is 2.91. The second-order valence-electron chi connectivity index (χ2n) is 11.7. The molecule has 3 heterocycles. The Morgan fingerprint density at radius 3 is 2.48 bits per heavy atom. The molecule has 1 aliphatic carbocycles. The lowest BCUT2D eigenvalue weighted by Crippen LogP contribution is -2.64. The molecule has 10 heteroatoms. The topological polar surface area (TPSA) is 114 Å². The van der Waals surface area contributed by atoms with Crippen molar-refractivity contribution < 1.29 is 19.1 Å². The number of carbonyl (C=O) groups is 2. The van der Waals surface area contributed by atoms with Crippen LogP contribution in [0.1, 0.15) is 42.6 Å². The largest absolute Gasteiger partial charge is 0.497 e. The van der Waals surface area contributed by atoms with Crippen molar-refractivity contribution in [1.29, 1.82) is 0 Å². The first kappa shape index (κ1) is 26.3. The predicted molar refractivity (Wildman–Crippen MR) is 151 cm³/mol. The minimum atomic E-state index is -0.406. The number of nitrogens with two attached hydrogens (primary N) is 1. The zero-order valence-electron chi connectivity index (χ0n) is 23.2. The summed E-state index contributed by atoms with van der Waals surface area (Å²) < 4.78 is 11.2. The van der Waals surface area contributed by atoms with Gasteiger partial charge < -0.3 is 25.0 Å². The summed E-state index contributed by atoms with van der Waals surface area (Å²) in [5.41, 5.74) is 8.89. The predicted octanol–water partition coefficient (Wildman–Crippen LogP) is 3.44. The van der Waals surface area contributed by atoms with Crippen LogP contribution in [0, 0.1) is 5.41 Å². The normalized spacial score (nSPS) is 22.6. The van der Waals surface area contributed by atoms with Crippen LogP contribution in [0.25, 0.3) is 11.0 Å². The van der Waals surface area contributed by atoms with Crippen LogP contribution in [0.2, 0.25) is 0 Å². The highest BCUT2D eigenvalue weighted by molar-refractivity contribution is 5.92. The smallest absolute Gasteiger partial charge is 0.410 e. The number of ether oxygens (including phenoxy) is 2. The van der Waals surface area contributed by atoms with E-state index in [9.17, 15) is 9.59 Å². The maximum Gasteiger partial charge on any atom is 0.410 e. The zero-order chi connectivity index (χ0) is 28.0. The van der Waals surface area contributed by atoms with Crippen LogP contribution in [0.15, 0.2) is 48.7 Å². The molecule has 3 fully saturated rings. The van der Waals surface area contributed by atoms with E-state index in [2.05, 4.69) is 28.6 Å². The number of nitrogens with zero attached hydrogens (tertiary/aromatic N) is 5. The Kier molecular flexibility index (Phi) is 6.74. The molecule has 40 heavy (non-hydrogen) atoms. The van der Waals surface area contributed by atoms with Crippen LogP contribution in [-0.2, 0) is 11.3 Å². The second kappa shape index (κ2) is 10.2. The molecule has 0 bridgehead atoms. The van der Waals surface area contributed by atoms with E-state index in [0.29, 0.717) is 18.7 Å². The molecule has 2 N–H and O–H groups in total. The molecule has 0 unspecified atom stereocenters. The number of likely N-dealkylation sites (tertiary alicyclic amines) is 1. The minimum Gasteiger partial charge on any atom is -0.497 e. The van der Waals surface area contributed by atoms with E-state index in [1.807, 2.05) is 35.2 Å². The average molecular weight is 545 g/mol. The number of anilines is 1. The van der Waals surface area contributed by atoms with Crippen molar-refractivity contribution in [3.05, 3.63) is 59.8 Å². The number of piperazine rings is 1. The third kappa shape index (κ3) is 5.03. The molecule has 10 nitrogen and oxygen atoms in total. The number of primary amides is 1. The fourth-order valence-electron chi connectivity index (χ4n) is 6.45. The lowest BCUT2D eigenvalue weighted by molar-refractivity contribution is -0.137. The summed E-state index contributed by atoms with van der Waals surface area (Å²) in [5.74, 6) is 1.16. The van der Waals surface area contributed by atoms with Crippen molar-refractivity contribution in [3.63, 3.8) is 0 Å². The number of amides is 2. The second-order valence-corrected chi connectivity index (χ2v) is 11.7. The Balaban J connectivity index is 0.983. The highest BCUT2D eigenvalue weighted by Gasteiger charge is 2.54. The van der Waals surface area contributed by atoms with E-state index >= 15 is 0 Å². The fraction of sp³-hybridized carbons (Fsp3) is 0.467. The Morgan fingerprint density at radius 1 is 1.02 bits per heavy atom. The number of hydrogen-bond acceptors (Lipinski definition) is 8. The molecular formula is C30H36N6O4. The number of hydrogen-bond donors (Lipinski definition) is 1. The Labute approximate surface area is 234 Å². The maximum atomic E-state index is 13.1. The van der Waals surface area contributed by atoms with Gasteiger partial charge >= 0.3 is 6.09 Å². The molecule has 3 aromatic rings. The number of aromatic nitrogens is 2. The van der Waals surface area contributed by atoms with E-state index in [1.165, 1.54) is 5.56 Å². The standard InChI is InChI=1S/C30H36N6O4/c1-19-15-36(20(2)14-35(19)27-13-32-26-10-23(39-3)8-9-25(26)33-27)29(38)40-24-11-30(12-24)17-34(18-30)16-21-4-6-22(7-5-21)28(31)37/h4-10,13,19-20,24H,11-12,14-18H2,1-3H3,(H2,31,37)/t19-,20+/m0/s1. The summed E-state index contributed by atoms with van der Waals surface area (Å²) >= 11 is 0. The molecule has 3 aliphatic rings. The van der Waals surface area contributed by atoms with E-state index in [0.717, 1.165) is 55.1 Å². The van der Waals surface area contributed by atoms with Crippen molar-refractivity contribution in [2.45, 2.75) is 51.4 Å². The molecule has 210 valence electrons. The molecule has 6 rings (SSSR count). The number of methoxy groups -OCH3 is 1. The van der Waals surface area contributed by atoms with Crippen molar-refractivity contribution >= 4 is 28.9 Å². The van der Waals surface area contributed by atoms with Gasteiger partial charge in [-0.1, -0.05) is 12.1 Å². The molecule has 2 aromatic carbocycles. The molecule has 0 radical (unpaired) electrons. The lowest BCUT2D eigenvalue weighted by Gasteiger charge is -2.58. The summed E-state index contributed by atoms with van der Waals surface area (Å²) in [4.78, 5) is 40.3. The zero-order valence-corrected chi connectivity index (χ0v) is 23.2. The summed E-state index contributed by atoms with van der Waals surface area (Å²) in [6.07, 6.45) is 3.38. The first-order chi connectivity index (χ1) is 19.2. The molecule has 2 aliphatic heterocycles. The first-order valence-electron chi connectivity index (χ1n) is 13.9. The number of carbonyl (C=O) groups excluding carboxylic acids is 2. The summed E-state index contributed by atoms with van der Waals surface area (Å²) in [6, 6.07) is 13.2.